The minimum absolute atomic E-state index is 0.127. The van der Waals surface area contributed by atoms with Crippen molar-refractivity contribution in [2.45, 2.75) is 51.6 Å². The van der Waals surface area contributed by atoms with Crippen molar-refractivity contribution in [1.82, 2.24) is 9.80 Å². The second-order valence-electron chi connectivity index (χ2n) is 6.82. The Hall–Kier alpha value is -1.10. The second-order valence-corrected chi connectivity index (χ2v) is 6.82. The van der Waals surface area contributed by atoms with E-state index in [0.717, 1.165) is 58.3 Å². The van der Waals surface area contributed by atoms with Gasteiger partial charge in [-0.2, -0.15) is 0 Å². The SMILES string of the molecule is CCOC1CC2(CCN(C(=O)CN3CCCCC3=O)C2)C1. The first-order valence-corrected chi connectivity index (χ1v) is 8.29. The van der Waals surface area contributed by atoms with Crippen LogP contribution in [0.2, 0.25) is 0 Å². The van der Waals surface area contributed by atoms with E-state index in [2.05, 4.69) is 0 Å². The monoisotopic (exact) mass is 294 g/mol. The number of ether oxygens (including phenoxy) is 1. The number of likely N-dealkylation sites (tertiary alicyclic amines) is 2. The molecular formula is C16H26N2O3. The van der Waals surface area contributed by atoms with E-state index in [1.165, 1.54) is 0 Å². The first kappa shape index (κ1) is 14.8. The van der Waals surface area contributed by atoms with Gasteiger partial charge in [0, 0.05) is 32.7 Å². The largest absolute Gasteiger partial charge is 0.378 e. The molecule has 3 fully saturated rings. The third kappa shape index (κ3) is 3.07. The van der Waals surface area contributed by atoms with Crippen LogP contribution in [0, 0.1) is 5.41 Å². The molecule has 3 rings (SSSR count). The summed E-state index contributed by atoms with van der Waals surface area (Å²) < 4.78 is 5.64. The Labute approximate surface area is 126 Å². The molecule has 5 nitrogen and oxygen atoms in total. The molecule has 0 aromatic rings. The normalized spacial score (nSPS) is 32.6. The predicted molar refractivity (Wildman–Crippen MR) is 78.7 cm³/mol. The number of hydrogen-bond acceptors (Lipinski definition) is 3. The fourth-order valence-corrected chi connectivity index (χ4v) is 4.03. The fraction of sp³-hybridized carbons (Fsp3) is 0.875. The molecule has 0 bridgehead atoms. The van der Waals surface area contributed by atoms with E-state index in [1.807, 2.05) is 11.8 Å². The van der Waals surface area contributed by atoms with E-state index in [4.69, 9.17) is 4.74 Å². The van der Waals surface area contributed by atoms with Crippen LogP contribution in [-0.4, -0.2) is 60.5 Å². The molecule has 5 heteroatoms. The summed E-state index contributed by atoms with van der Waals surface area (Å²) in [6.45, 7) is 5.54. The van der Waals surface area contributed by atoms with Gasteiger partial charge in [-0.3, -0.25) is 9.59 Å². The molecule has 1 aliphatic carbocycles. The Kier molecular flexibility index (Phi) is 4.20. The van der Waals surface area contributed by atoms with Gasteiger partial charge >= 0.3 is 0 Å². The van der Waals surface area contributed by atoms with Crippen LogP contribution in [-0.2, 0) is 14.3 Å². The van der Waals surface area contributed by atoms with E-state index in [0.29, 0.717) is 17.9 Å². The summed E-state index contributed by atoms with van der Waals surface area (Å²) >= 11 is 0. The van der Waals surface area contributed by atoms with Crippen LogP contribution < -0.4 is 0 Å². The molecule has 2 heterocycles. The van der Waals surface area contributed by atoms with E-state index in [-0.39, 0.29) is 18.4 Å². The number of rotatable bonds is 4. The molecular weight excluding hydrogens is 268 g/mol. The summed E-state index contributed by atoms with van der Waals surface area (Å²) in [6, 6.07) is 0. The number of amides is 2. The average Bonchev–Trinajstić information content (AvgIpc) is 2.87. The summed E-state index contributed by atoms with van der Waals surface area (Å²) in [7, 11) is 0. The lowest BCUT2D eigenvalue weighted by molar-refractivity contribution is -0.142. The van der Waals surface area contributed by atoms with Crippen LogP contribution in [0.3, 0.4) is 0 Å². The van der Waals surface area contributed by atoms with Gasteiger partial charge in [-0.1, -0.05) is 0 Å². The highest BCUT2D eigenvalue weighted by molar-refractivity contribution is 5.85. The van der Waals surface area contributed by atoms with Gasteiger partial charge in [0.2, 0.25) is 11.8 Å². The maximum absolute atomic E-state index is 12.4. The molecule has 0 unspecified atom stereocenters. The number of nitrogens with zero attached hydrogens (tertiary/aromatic N) is 2. The Morgan fingerprint density at radius 3 is 2.86 bits per heavy atom. The molecule has 1 saturated carbocycles. The zero-order valence-electron chi connectivity index (χ0n) is 13.0. The molecule has 2 amide bonds. The first-order chi connectivity index (χ1) is 10.1. The van der Waals surface area contributed by atoms with Crippen LogP contribution in [0.4, 0.5) is 0 Å². The van der Waals surface area contributed by atoms with Crippen LogP contribution in [0.5, 0.6) is 0 Å². The van der Waals surface area contributed by atoms with Gasteiger partial charge in [-0.15, -0.1) is 0 Å². The van der Waals surface area contributed by atoms with Gasteiger partial charge in [0.05, 0.1) is 12.6 Å². The summed E-state index contributed by atoms with van der Waals surface area (Å²) in [5.41, 5.74) is 0.307. The van der Waals surface area contributed by atoms with E-state index in [9.17, 15) is 9.59 Å². The molecule has 0 N–H and O–H groups in total. The topological polar surface area (TPSA) is 49.9 Å². The molecule has 3 aliphatic rings. The van der Waals surface area contributed by atoms with Crippen LogP contribution >= 0.6 is 0 Å². The third-order valence-electron chi connectivity index (χ3n) is 5.26. The van der Waals surface area contributed by atoms with Crippen LogP contribution in [0.25, 0.3) is 0 Å². The lowest BCUT2D eigenvalue weighted by Crippen LogP contribution is -2.47. The highest BCUT2D eigenvalue weighted by Gasteiger charge is 2.49. The zero-order valence-corrected chi connectivity index (χ0v) is 13.0. The van der Waals surface area contributed by atoms with Crippen LogP contribution in [0.1, 0.15) is 45.4 Å². The minimum atomic E-state index is 0.127. The van der Waals surface area contributed by atoms with Crippen molar-refractivity contribution < 1.29 is 14.3 Å². The van der Waals surface area contributed by atoms with E-state index >= 15 is 0 Å². The molecule has 118 valence electrons. The minimum Gasteiger partial charge on any atom is -0.378 e. The molecule has 0 aromatic heterocycles. The molecule has 0 atom stereocenters. The van der Waals surface area contributed by atoms with Gasteiger partial charge in [-0.05, 0) is 44.4 Å². The Morgan fingerprint density at radius 2 is 2.14 bits per heavy atom. The van der Waals surface area contributed by atoms with Crippen molar-refractivity contribution in [1.29, 1.82) is 0 Å². The van der Waals surface area contributed by atoms with E-state index in [1.54, 1.807) is 4.90 Å². The summed E-state index contributed by atoms with van der Waals surface area (Å²) in [4.78, 5) is 27.9. The summed E-state index contributed by atoms with van der Waals surface area (Å²) in [6.07, 6.45) is 6.27. The molecule has 2 aliphatic heterocycles. The third-order valence-corrected chi connectivity index (χ3v) is 5.26. The number of piperidine rings is 1. The Balaban J connectivity index is 1.48. The summed E-state index contributed by atoms with van der Waals surface area (Å²) in [5, 5.41) is 0. The molecule has 0 aromatic carbocycles. The Morgan fingerprint density at radius 1 is 1.33 bits per heavy atom. The van der Waals surface area contributed by atoms with Crippen molar-refractivity contribution in [2.75, 3.05) is 32.8 Å². The standard InChI is InChI=1S/C16H26N2O3/c1-2-21-13-9-16(10-13)6-8-18(12-16)15(20)11-17-7-4-3-5-14(17)19/h13H,2-12H2,1H3. The molecule has 1 spiro atoms. The molecule has 0 radical (unpaired) electrons. The number of carbonyl (C=O) groups excluding carboxylic acids is 2. The Bertz CT molecular complexity index is 418. The molecule has 2 saturated heterocycles. The lowest BCUT2D eigenvalue weighted by Gasteiger charge is -2.44. The van der Waals surface area contributed by atoms with Crippen molar-refractivity contribution in [3.63, 3.8) is 0 Å². The quantitative estimate of drug-likeness (QED) is 0.788. The van der Waals surface area contributed by atoms with Gasteiger partial charge in [0.15, 0.2) is 0 Å². The van der Waals surface area contributed by atoms with Crippen molar-refractivity contribution >= 4 is 11.8 Å². The smallest absolute Gasteiger partial charge is 0.242 e. The fourth-order valence-electron chi connectivity index (χ4n) is 4.03. The summed E-state index contributed by atoms with van der Waals surface area (Å²) in [5.74, 6) is 0.269. The number of hydrogen-bond donors (Lipinski definition) is 0. The first-order valence-electron chi connectivity index (χ1n) is 8.29. The van der Waals surface area contributed by atoms with Crippen molar-refractivity contribution in [3.05, 3.63) is 0 Å². The van der Waals surface area contributed by atoms with Crippen LogP contribution in [0.15, 0.2) is 0 Å². The number of carbonyl (C=O) groups is 2. The van der Waals surface area contributed by atoms with Gasteiger partial charge in [0.1, 0.15) is 0 Å². The average molecular weight is 294 g/mol. The predicted octanol–water partition coefficient (Wildman–Crippen LogP) is 1.42. The highest BCUT2D eigenvalue weighted by Crippen LogP contribution is 2.49. The maximum Gasteiger partial charge on any atom is 0.242 e. The van der Waals surface area contributed by atoms with Crippen molar-refractivity contribution in [3.8, 4) is 0 Å². The molecule has 21 heavy (non-hydrogen) atoms. The van der Waals surface area contributed by atoms with Gasteiger partial charge < -0.3 is 14.5 Å². The van der Waals surface area contributed by atoms with Crippen molar-refractivity contribution in [2.24, 2.45) is 5.41 Å². The van der Waals surface area contributed by atoms with Gasteiger partial charge in [0.25, 0.3) is 0 Å². The van der Waals surface area contributed by atoms with E-state index < -0.39 is 0 Å². The zero-order chi connectivity index (χ0) is 14.9. The second kappa shape index (κ2) is 5.95. The van der Waals surface area contributed by atoms with Gasteiger partial charge in [-0.25, -0.2) is 0 Å². The maximum atomic E-state index is 12.4. The highest BCUT2D eigenvalue weighted by atomic mass is 16.5. The lowest BCUT2D eigenvalue weighted by atomic mass is 9.66.